The van der Waals surface area contributed by atoms with Crippen LogP contribution in [0.5, 0.6) is 0 Å². The lowest BCUT2D eigenvalue weighted by Crippen LogP contribution is -2.37. The molecule has 1 N–H and O–H groups in total. The fourth-order valence-electron chi connectivity index (χ4n) is 2.14. The van der Waals surface area contributed by atoms with Crippen LogP contribution in [0, 0.1) is 0 Å². The van der Waals surface area contributed by atoms with Gasteiger partial charge in [-0.2, -0.15) is 0 Å². The molecule has 1 heterocycles. The van der Waals surface area contributed by atoms with Crippen LogP contribution >= 0.6 is 11.6 Å². The summed E-state index contributed by atoms with van der Waals surface area (Å²) in [5, 5.41) is 9.51. The number of benzene rings is 1. The van der Waals surface area contributed by atoms with Gasteiger partial charge in [0.2, 0.25) is 0 Å². The number of rotatable bonds is 4. The zero-order chi connectivity index (χ0) is 18.6. The first kappa shape index (κ1) is 18.7. The van der Waals surface area contributed by atoms with E-state index >= 15 is 0 Å². The second-order valence-electron chi connectivity index (χ2n) is 6.38. The standard InChI is InChI=1S/C18H19ClN2O4/c1-18(2,3)25-17(24)21(11-12-7-5-4-6-8-12)14-9-15(19)20-10-13(14)16(22)23/h4-10H,11H2,1-3H3,(H,22,23). The van der Waals surface area contributed by atoms with Gasteiger partial charge in [0.25, 0.3) is 0 Å². The lowest BCUT2D eigenvalue weighted by molar-refractivity contribution is 0.0577. The summed E-state index contributed by atoms with van der Waals surface area (Å²) < 4.78 is 5.43. The van der Waals surface area contributed by atoms with E-state index in [2.05, 4.69) is 4.98 Å². The highest BCUT2D eigenvalue weighted by molar-refractivity contribution is 6.29. The number of carbonyl (C=O) groups excluding carboxylic acids is 1. The summed E-state index contributed by atoms with van der Waals surface area (Å²) in [5.74, 6) is -1.21. The minimum absolute atomic E-state index is 0.0848. The van der Waals surface area contributed by atoms with Gasteiger partial charge >= 0.3 is 12.1 Å². The maximum atomic E-state index is 12.7. The van der Waals surface area contributed by atoms with Crippen LogP contribution in [0.25, 0.3) is 0 Å². The van der Waals surface area contributed by atoms with E-state index in [9.17, 15) is 14.7 Å². The molecule has 0 atom stereocenters. The Hall–Kier alpha value is -2.60. The van der Waals surface area contributed by atoms with Gasteiger partial charge in [-0.15, -0.1) is 0 Å². The molecule has 0 aliphatic carbocycles. The SMILES string of the molecule is CC(C)(C)OC(=O)N(Cc1ccccc1)c1cc(Cl)ncc1C(=O)O. The van der Waals surface area contributed by atoms with E-state index in [4.69, 9.17) is 16.3 Å². The summed E-state index contributed by atoms with van der Waals surface area (Å²) in [7, 11) is 0. The van der Waals surface area contributed by atoms with Crippen molar-refractivity contribution in [3.63, 3.8) is 0 Å². The van der Waals surface area contributed by atoms with Crippen LogP contribution in [0.1, 0.15) is 36.7 Å². The maximum absolute atomic E-state index is 12.7. The number of hydrogen-bond acceptors (Lipinski definition) is 4. The first-order chi connectivity index (χ1) is 11.7. The second-order valence-corrected chi connectivity index (χ2v) is 6.77. The predicted molar refractivity (Wildman–Crippen MR) is 95.1 cm³/mol. The molecule has 0 spiro atoms. The molecule has 0 aliphatic rings. The Morgan fingerprint density at radius 3 is 2.44 bits per heavy atom. The van der Waals surface area contributed by atoms with Crippen molar-refractivity contribution in [2.45, 2.75) is 32.9 Å². The predicted octanol–water partition coefficient (Wildman–Crippen LogP) is 4.37. The van der Waals surface area contributed by atoms with Crippen molar-refractivity contribution in [3.8, 4) is 0 Å². The Kier molecular flexibility index (Phi) is 5.64. The lowest BCUT2D eigenvalue weighted by Gasteiger charge is -2.28. The highest BCUT2D eigenvalue weighted by Gasteiger charge is 2.27. The molecule has 1 amide bonds. The van der Waals surface area contributed by atoms with Crippen LogP contribution in [0.2, 0.25) is 5.15 Å². The van der Waals surface area contributed by atoms with Crippen LogP contribution in [0.4, 0.5) is 10.5 Å². The number of nitrogens with zero attached hydrogens (tertiary/aromatic N) is 2. The largest absolute Gasteiger partial charge is 0.478 e. The second kappa shape index (κ2) is 7.53. The van der Waals surface area contributed by atoms with E-state index in [-0.39, 0.29) is 22.9 Å². The number of hydrogen-bond donors (Lipinski definition) is 1. The first-order valence-corrected chi connectivity index (χ1v) is 7.98. The highest BCUT2D eigenvalue weighted by Crippen LogP contribution is 2.27. The molecular formula is C18H19ClN2O4. The fourth-order valence-corrected chi connectivity index (χ4v) is 2.29. The Balaban J connectivity index is 2.49. The highest BCUT2D eigenvalue weighted by atomic mass is 35.5. The summed E-state index contributed by atoms with van der Waals surface area (Å²) in [6.07, 6.45) is 0.462. The smallest absolute Gasteiger partial charge is 0.415 e. The molecule has 0 aliphatic heterocycles. The molecule has 25 heavy (non-hydrogen) atoms. The van der Waals surface area contributed by atoms with Gasteiger partial charge in [0.1, 0.15) is 16.3 Å². The van der Waals surface area contributed by atoms with Gasteiger partial charge in [-0.25, -0.2) is 14.6 Å². The van der Waals surface area contributed by atoms with Gasteiger partial charge in [-0.05, 0) is 26.3 Å². The topological polar surface area (TPSA) is 79.7 Å². The third-order valence-corrected chi connectivity index (χ3v) is 3.37. The average Bonchev–Trinajstić information content (AvgIpc) is 2.51. The van der Waals surface area contributed by atoms with Gasteiger partial charge in [0, 0.05) is 12.3 Å². The molecule has 1 aromatic carbocycles. The summed E-state index contributed by atoms with van der Waals surface area (Å²) in [4.78, 5) is 29.3. The molecule has 0 bridgehead atoms. The Morgan fingerprint density at radius 2 is 1.88 bits per heavy atom. The van der Waals surface area contributed by atoms with Crippen LogP contribution in [-0.4, -0.2) is 27.8 Å². The number of aromatic nitrogens is 1. The number of carboxylic acid groups (broad SMARTS) is 1. The number of ether oxygens (including phenoxy) is 1. The van der Waals surface area contributed by atoms with Gasteiger partial charge in [0.15, 0.2) is 0 Å². The van der Waals surface area contributed by atoms with E-state index in [1.807, 2.05) is 30.3 Å². The van der Waals surface area contributed by atoms with E-state index in [1.165, 1.54) is 11.0 Å². The third kappa shape index (κ3) is 5.19. The van der Waals surface area contributed by atoms with Crippen LogP contribution in [0.15, 0.2) is 42.6 Å². The van der Waals surface area contributed by atoms with E-state index < -0.39 is 17.7 Å². The van der Waals surface area contributed by atoms with Crippen LogP contribution < -0.4 is 4.90 Å². The maximum Gasteiger partial charge on any atom is 0.415 e. The van der Waals surface area contributed by atoms with Gasteiger partial charge < -0.3 is 9.84 Å². The Morgan fingerprint density at radius 1 is 1.24 bits per heavy atom. The molecule has 0 saturated carbocycles. The number of amides is 1. The average molecular weight is 363 g/mol. The number of halogens is 1. The molecule has 0 fully saturated rings. The fraction of sp³-hybridized carbons (Fsp3) is 0.278. The molecule has 0 radical (unpaired) electrons. The number of aromatic carboxylic acids is 1. The van der Waals surface area contributed by atoms with Crippen LogP contribution in [-0.2, 0) is 11.3 Å². The van der Waals surface area contributed by atoms with E-state index in [1.54, 1.807) is 20.8 Å². The molecular weight excluding hydrogens is 344 g/mol. The van der Waals surface area contributed by atoms with Crippen molar-refractivity contribution in [2.75, 3.05) is 4.90 Å². The monoisotopic (exact) mass is 362 g/mol. The van der Waals surface area contributed by atoms with Crippen molar-refractivity contribution < 1.29 is 19.4 Å². The van der Waals surface area contributed by atoms with Crippen LogP contribution in [0.3, 0.4) is 0 Å². The lowest BCUT2D eigenvalue weighted by atomic mass is 10.1. The summed E-state index contributed by atoms with van der Waals surface area (Å²) in [6.45, 7) is 5.35. The number of carboxylic acids is 1. The normalized spacial score (nSPS) is 11.0. The number of pyridine rings is 1. The minimum atomic E-state index is -1.21. The molecule has 2 rings (SSSR count). The zero-order valence-corrected chi connectivity index (χ0v) is 14.9. The van der Waals surface area contributed by atoms with Gasteiger partial charge in [-0.3, -0.25) is 4.90 Å². The molecule has 1 aromatic heterocycles. The third-order valence-electron chi connectivity index (χ3n) is 3.17. The first-order valence-electron chi connectivity index (χ1n) is 7.60. The minimum Gasteiger partial charge on any atom is -0.478 e. The summed E-state index contributed by atoms with van der Waals surface area (Å²) in [6, 6.07) is 10.5. The van der Waals surface area contributed by atoms with Crippen molar-refractivity contribution in [2.24, 2.45) is 0 Å². The number of anilines is 1. The van der Waals surface area contributed by atoms with Crippen molar-refractivity contribution >= 4 is 29.4 Å². The summed E-state index contributed by atoms with van der Waals surface area (Å²) >= 11 is 5.92. The molecule has 0 unspecified atom stereocenters. The van der Waals surface area contributed by atoms with Gasteiger partial charge in [-0.1, -0.05) is 41.9 Å². The quantitative estimate of drug-likeness (QED) is 0.816. The summed E-state index contributed by atoms with van der Waals surface area (Å²) in [5.41, 5.74) is 0.0844. The Bertz CT molecular complexity index is 772. The molecule has 6 nitrogen and oxygen atoms in total. The van der Waals surface area contributed by atoms with E-state index in [0.717, 1.165) is 11.8 Å². The molecule has 132 valence electrons. The number of carbonyl (C=O) groups is 2. The molecule has 0 saturated heterocycles. The molecule has 7 heteroatoms. The Labute approximate surface area is 151 Å². The van der Waals surface area contributed by atoms with Crippen molar-refractivity contribution in [1.29, 1.82) is 0 Å². The molecule has 2 aromatic rings. The van der Waals surface area contributed by atoms with E-state index in [0.29, 0.717) is 0 Å². The van der Waals surface area contributed by atoms with Crippen molar-refractivity contribution in [3.05, 3.63) is 58.9 Å². The van der Waals surface area contributed by atoms with Gasteiger partial charge in [0.05, 0.1) is 12.2 Å². The van der Waals surface area contributed by atoms with Crippen molar-refractivity contribution in [1.82, 2.24) is 4.98 Å². The zero-order valence-electron chi connectivity index (χ0n) is 14.2.